The fourth-order valence-corrected chi connectivity index (χ4v) is 4.71. The van der Waals surface area contributed by atoms with Gasteiger partial charge < -0.3 is 0 Å². The van der Waals surface area contributed by atoms with Crippen LogP contribution in [0, 0.1) is 23.7 Å². The summed E-state index contributed by atoms with van der Waals surface area (Å²) >= 11 is 9.41. The third-order valence-corrected chi connectivity index (χ3v) is 6.32. The van der Waals surface area contributed by atoms with E-state index in [-0.39, 0.29) is 23.7 Å². The van der Waals surface area contributed by atoms with E-state index in [1.165, 1.54) is 4.90 Å². The molecule has 2 saturated carbocycles. The Kier molecular flexibility index (Phi) is 2.77. The van der Waals surface area contributed by atoms with E-state index in [0.29, 0.717) is 22.5 Å². The van der Waals surface area contributed by atoms with Gasteiger partial charge in [-0.3, -0.25) is 9.59 Å². The van der Waals surface area contributed by atoms with Crippen molar-refractivity contribution in [3.05, 3.63) is 27.7 Å². The van der Waals surface area contributed by atoms with Crippen molar-refractivity contribution in [2.24, 2.45) is 23.7 Å². The predicted octanol–water partition coefficient (Wildman–Crippen LogP) is 3.64. The summed E-state index contributed by atoms with van der Waals surface area (Å²) < 4.78 is 0.766. The molecule has 3 nitrogen and oxygen atoms in total. The van der Waals surface area contributed by atoms with Crippen molar-refractivity contribution in [3.8, 4) is 0 Å². The van der Waals surface area contributed by atoms with E-state index >= 15 is 0 Å². The van der Waals surface area contributed by atoms with Crippen molar-refractivity contribution in [2.45, 2.75) is 19.3 Å². The van der Waals surface area contributed by atoms with Crippen LogP contribution in [-0.4, -0.2) is 11.8 Å². The first-order valence-electron chi connectivity index (χ1n) is 6.91. The minimum Gasteiger partial charge on any atom is -0.274 e. The van der Waals surface area contributed by atoms with Crippen molar-refractivity contribution in [1.29, 1.82) is 0 Å². The number of amides is 2. The normalized spacial score (nSPS) is 35.0. The van der Waals surface area contributed by atoms with Gasteiger partial charge in [0.1, 0.15) is 0 Å². The zero-order valence-corrected chi connectivity index (χ0v) is 13.0. The Morgan fingerprint density at radius 2 is 1.70 bits per heavy atom. The molecule has 0 aromatic heterocycles. The number of benzene rings is 1. The van der Waals surface area contributed by atoms with Crippen LogP contribution in [0.15, 0.2) is 22.7 Å². The lowest BCUT2D eigenvalue weighted by Gasteiger charge is -2.19. The Bertz CT molecular complexity index is 604. The lowest BCUT2D eigenvalue weighted by Crippen LogP contribution is -2.32. The molecule has 20 heavy (non-hydrogen) atoms. The second-order valence-corrected chi connectivity index (χ2v) is 7.26. The predicted molar refractivity (Wildman–Crippen MR) is 79.5 cm³/mol. The van der Waals surface area contributed by atoms with Crippen LogP contribution in [0.25, 0.3) is 0 Å². The van der Waals surface area contributed by atoms with Crippen molar-refractivity contribution in [3.63, 3.8) is 0 Å². The third-order valence-electron chi connectivity index (χ3n) is 5.09. The van der Waals surface area contributed by atoms with Crippen molar-refractivity contribution in [1.82, 2.24) is 0 Å². The first kappa shape index (κ1) is 12.8. The second-order valence-electron chi connectivity index (χ2n) is 6.00. The SMILES string of the molecule is O=C1[C@@H]2[C@H]3CC[C@@H](C3)[C@H]2C(=O)N1c1ccc(Br)c(Cl)c1. The van der Waals surface area contributed by atoms with Gasteiger partial charge in [-0.25, -0.2) is 4.90 Å². The van der Waals surface area contributed by atoms with Gasteiger partial charge in [-0.05, 0) is 65.2 Å². The highest BCUT2D eigenvalue weighted by Gasteiger charge is 2.61. The molecule has 0 radical (unpaired) electrons. The number of rotatable bonds is 1. The molecule has 104 valence electrons. The zero-order valence-electron chi connectivity index (χ0n) is 10.7. The number of carbonyl (C=O) groups is 2. The molecule has 2 bridgehead atoms. The second kappa shape index (κ2) is 4.31. The van der Waals surface area contributed by atoms with E-state index in [4.69, 9.17) is 11.6 Å². The lowest BCUT2D eigenvalue weighted by molar-refractivity contribution is -0.123. The van der Waals surface area contributed by atoms with Gasteiger partial charge in [0.25, 0.3) is 0 Å². The van der Waals surface area contributed by atoms with Gasteiger partial charge in [0.15, 0.2) is 0 Å². The number of carbonyl (C=O) groups excluding carboxylic acids is 2. The molecule has 3 aliphatic rings. The molecular formula is C15H13BrClNO2. The molecule has 4 rings (SSSR count). The molecule has 2 amide bonds. The maximum absolute atomic E-state index is 12.6. The maximum atomic E-state index is 12.6. The van der Waals surface area contributed by atoms with Gasteiger partial charge in [0.05, 0.1) is 22.5 Å². The molecule has 3 fully saturated rings. The third kappa shape index (κ3) is 1.58. The largest absolute Gasteiger partial charge is 0.274 e. The average Bonchev–Trinajstić information content (AvgIpc) is 3.08. The molecule has 0 unspecified atom stereocenters. The summed E-state index contributed by atoms with van der Waals surface area (Å²) in [6, 6.07) is 5.24. The van der Waals surface area contributed by atoms with Crippen LogP contribution < -0.4 is 4.90 Å². The fraction of sp³-hybridized carbons (Fsp3) is 0.467. The topological polar surface area (TPSA) is 37.4 Å². The molecule has 0 N–H and O–H groups in total. The van der Waals surface area contributed by atoms with Crippen molar-refractivity contribution in [2.75, 3.05) is 4.90 Å². The van der Waals surface area contributed by atoms with E-state index in [9.17, 15) is 9.59 Å². The summed E-state index contributed by atoms with van der Waals surface area (Å²) in [5, 5.41) is 0.517. The van der Waals surface area contributed by atoms with Gasteiger partial charge in [0, 0.05) is 4.47 Å². The Balaban J connectivity index is 1.74. The summed E-state index contributed by atoms with van der Waals surface area (Å²) in [5.41, 5.74) is 0.599. The fourth-order valence-electron chi connectivity index (χ4n) is 4.29. The summed E-state index contributed by atoms with van der Waals surface area (Å²) in [4.78, 5) is 26.6. The summed E-state index contributed by atoms with van der Waals surface area (Å²) in [5.74, 6) is 0.623. The van der Waals surface area contributed by atoms with Gasteiger partial charge in [0.2, 0.25) is 11.8 Å². The van der Waals surface area contributed by atoms with Crippen LogP contribution in [0.4, 0.5) is 5.69 Å². The monoisotopic (exact) mass is 353 g/mol. The summed E-state index contributed by atoms with van der Waals surface area (Å²) in [7, 11) is 0. The number of fused-ring (bicyclic) bond motifs is 5. The van der Waals surface area contributed by atoms with E-state index in [1.54, 1.807) is 18.2 Å². The van der Waals surface area contributed by atoms with E-state index in [0.717, 1.165) is 23.7 Å². The smallest absolute Gasteiger partial charge is 0.237 e. The first-order valence-corrected chi connectivity index (χ1v) is 8.08. The first-order chi connectivity index (χ1) is 9.58. The lowest BCUT2D eigenvalue weighted by atomic mass is 9.81. The van der Waals surface area contributed by atoms with Crippen molar-refractivity contribution >= 4 is 45.0 Å². The molecule has 4 atom stereocenters. The van der Waals surface area contributed by atoms with Gasteiger partial charge in [-0.15, -0.1) is 0 Å². The molecule has 2 aliphatic carbocycles. The molecular weight excluding hydrogens is 342 g/mol. The molecule has 1 aliphatic heterocycles. The number of halogens is 2. The highest BCUT2D eigenvalue weighted by Crippen LogP contribution is 2.56. The van der Waals surface area contributed by atoms with Crippen LogP contribution >= 0.6 is 27.5 Å². The summed E-state index contributed by atoms with van der Waals surface area (Å²) in [6.45, 7) is 0. The van der Waals surface area contributed by atoms with Gasteiger partial charge in [-0.2, -0.15) is 0 Å². The van der Waals surface area contributed by atoms with E-state index < -0.39 is 0 Å². The zero-order chi connectivity index (χ0) is 14.0. The molecule has 0 spiro atoms. The number of hydrogen-bond donors (Lipinski definition) is 0. The molecule has 1 saturated heterocycles. The molecule has 5 heteroatoms. The molecule has 1 heterocycles. The van der Waals surface area contributed by atoms with Crippen LogP contribution in [0.5, 0.6) is 0 Å². The standard InChI is InChI=1S/C15H13BrClNO2/c16-10-4-3-9(6-11(10)17)18-14(19)12-7-1-2-8(5-7)13(12)15(18)20/h3-4,6-8,12-13H,1-2,5H2/t7-,8-,12+,13+/m0/s1. The summed E-state index contributed by atoms with van der Waals surface area (Å²) in [6.07, 6.45) is 3.25. The van der Waals surface area contributed by atoms with Crippen LogP contribution in [0.2, 0.25) is 5.02 Å². The number of imide groups is 1. The highest BCUT2D eigenvalue weighted by molar-refractivity contribution is 9.10. The van der Waals surface area contributed by atoms with E-state index in [2.05, 4.69) is 15.9 Å². The van der Waals surface area contributed by atoms with E-state index in [1.807, 2.05) is 0 Å². The Labute approximate surface area is 130 Å². The number of nitrogens with zero attached hydrogens (tertiary/aromatic N) is 1. The average molecular weight is 355 g/mol. The maximum Gasteiger partial charge on any atom is 0.237 e. The van der Waals surface area contributed by atoms with Crippen LogP contribution in [0.1, 0.15) is 19.3 Å². The van der Waals surface area contributed by atoms with Crippen LogP contribution in [-0.2, 0) is 9.59 Å². The Hall–Kier alpha value is -0.870. The van der Waals surface area contributed by atoms with Crippen LogP contribution in [0.3, 0.4) is 0 Å². The number of anilines is 1. The highest BCUT2D eigenvalue weighted by atomic mass is 79.9. The molecule has 1 aromatic carbocycles. The Morgan fingerprint density at radius 1 is 1.10 bits per heavy atom. The minimum atomic E-state index is -0.0799. The minimum absolute atomic E-state index is 0.0226. The quantitative estimate of drug-likeness (QED) is 0.722. The van der Waals surface area contributed by atoms with Gasteiger partial charge >= 0.3 is 0 Å². The van der Waals surface area contributed by atoms with Crippen molar-refractivity contribution < 1.29 is 9.59 Å². The van der Waals surface area contributed by atoms with Gasteiger partial charge in [-0.1, -0.05) is 11.6 Å². The Morgan fingerprint density at radius 3 is 2.25 bits per heavy atom. The number of hydrogen-bond acceptors (Lipinski definition) is 2. The molecule has 1 aromatic rings.